The molecule has 9 nitrogen and oxygen atoms in total. The molecule has 1 aliphatic rings. The van der Waals surface area contributed by atoms with Gasteiger partial charge in [0.1, 0.15) is 6.04 Å². The van der Waals surface area contributed by atoms with E-state index in [2.05, 4.69) is 25.3 Å². The molecule has 4 aromatic rings. The number of nitrogens with zero attached hydrogens (tertiary/aromatic N) is 6. The van der Waals surface area contributed by atoms with Gasteiger partial charge in [0, 0.05) is 30.8 Å². The number of hydrogen-bond donors (Lipinski definition) is 1. The van der Waals surface area contributed by atoms with Crippen LogP contribution in [0.25, 0.3) is 5.52 Å². The van der Waals surface area contributed by atoms with Crippen molar-refractivity contribution in [3.05, 3.63) is 65.1 Å². The number of pyridine rings is 1. The third kappa shape index (κ3) is 3.22. The van der Waals surface area contributed by atoms with Gasteiger partial charge in [0.05, 0.1) is 28.8 Å². The van der Waals surface area contributed by atoms with E-state index in [0.717, 1.165) is 16.3 Å². The smallest absolute Gasteiger partial charge is 0.417 e. The maximum atomic E-state index is 13.5. The van der Waals surface area contributed by atoms with Crippen LogP contribution in [0.1, 0.15) is 65.0 Å². The topological polar surface area (TPSA) is 105 Å². The highest BCUT2D eigenvalue weighted by Crippen LogP contribution is 2.37. The molecular formula is C20H18F3N7O2. The van der Waals surface area contributed by atoms with Crippen molar-refractivity contribution < 1.29 is 22.4 Å². The molecule has 12 heteroatoms. The molecule has 0 saturated heterocycles. The number of amides is 1. The van der Waals surface area contributed by atoms with E-state index in [4.69, 9.17) is 4.42 Å². The number of fused-ring (bicyclic) bond motifs is 2. The van der Waals surface area contributed by atoms with Crippen molar-refractivity contribution in [2.75, 3.05) is 6.54 Å². The molecule has 0 unspecified atom stereocenters. The van der Waals surface area contributed by atoms with Crippen LogP contribution in [0, 0.1) is 0 Å². The molecule has 0 radical (unpaired) electrons. The van der Waals surface area contributed by atoms with Crippen LogP contribution >= 0.6 is 0 Å². The molecule has 32 heavy (non-hydrogen) atoms. The Kier molecular flexibility index (Phi) is 4.53. The van der Waals surface area contributed by atoms with Gasteiger partial charge in [-0.25, -0.2) is 9.50 Å². The Morgan fingerprint density at radius 3 is 2.84 bits per heavy atom. The second-order valence-corrected chi connectivity index (χ2v) is 7.84. The van der Waals surface area contributed by atoms with Gasteiger partial charge >= 0.3 is 18.0 Å². The van der Waals surface area contributed by atoms with E-state index in [1.807, 2.05) is 13.8 Å². The molecule has 5 rings (SSSR count). The summed E-state index contributed by atoms with van der Waals surface area (Å²) in [6.07, 6.45) is -1.13. The molecule has 0 bridgehead atoms. The maximum Gasteiger partial charge on any atom is 0.418 e. The molecule has 0 aromatic carbocycles. The van der Waals surface area contributed by atoms with Gasteiger partial charge in [-0.2, -0.15) is 18.3 Å². The van der Waals surface area contributed by atoms with Crippen molar-refractivity contribution in [3.63, 3.8) is 0 Å². The molecule has 1 amide bonds. The minimum Gasteiger partial charge on any atom is -0.417 e. The predicted molar refractivity (Wildman–Crippen MR) is 104 cm³/mol. The summed E-state index contributed by atoms with van der Waals surface area (Å²) in [4.78, 5) is 22.1. The number of nitrogens with one attached hydrogen (secondary N) is 1. The number of rotatable bonds is 3. The fourth-order valence-electron chi connectivity index (χ4n) is 3.88. The Bertz CT molecular complexity index is 1300. The number of alkyl halides is 3. The molecule has 0 spiro atoms. The van der Waals surface area contributed by atoms with Gasteiger partial charge < -0.3 is 14.3 Å². The van der Waals surface area contributed by atoms with E-state index in [-0.39, 0.29) is 29.6 Å². The zero-order valence-electron chi connectivity index (χ0n) is 17.1. The lowest BCUT2D eigenvalue weighted by Gasteiger charge is -2.32. The highest BCUT2D eigenvalue weighted by atomic mass is 19.4. The largest absolute Gasteiger partial charge is 0.418 e. The standard InChI is InChI=1S/C20H18F3N7O2/c1-10(2)17-26-27-18(32-17)19(31)29-7-5-12-15(25-9-24-12)16(29)13-8-14-11(20(21,22)23)4-3-6-30(14)28-13/h3-4,6,8-10,16H,5,7H2,1-2H3,(H,24,25)/t16-/m0/s1. The summed E-state index contributed by atoms with van der Waals surface area (Å²) < 4.78 is 47.2. The zero-order valence-corrected chi connectivity index (χ0v) is 17.1. The van der Waals surface area contributed by atoms with Gasteiger partial charge in [-0.05, 0) is 18.2 Å². The van der Waals surface area contributed by atoms with E-state index in [0.29, 0.717) is 18.0 Å². The molecule has 1 atom stereocenters. The molecule has 0 aliphatic carbocycles. The van der Waals surface area contributed by atoms with Gasteiger partial charge in [-0.3, -0.25) is 4.79 Å². The monoisotopic (exact) mass is 445 g/mol. The highest BCUT2D eigenvalue weighted by molar-refractivity contribution is 5.90. The summed E-state index contributed by atoms with van der Waals surface area (Å²) in [6, 6.07) is 2.80. The Labute approximate surface area is 179 Å². The van der Waals surface area contributed by atoms with Crippen molar-refractivity contribution in [2.24, 2.45) is 0 Å². The highest BCUT2D eigenvalue weighted by Gasteiger charge is 2.39. The number of carbonyl (C=O) groups is 1. The van der Waals surface area contributed by atoms with Gasteiger partial charge in [-0.15, -0.1) is 10.2 Å². The molecule has 1 N–H and O–H groups in total. The van der Waals surface area contributed by atoms with Crippen molar-refractivity contribution in [1.82, 2.24) is 34.7 Å². The number of imidazole rings is 1. The minimum atomic E-state index is -4.55. The van der Waals surface area contributed by atoms with Crippen LogP contribution in [0.3, 0.4) is 0 Å². The summed E-state index contributed by atoms with van der Waals surface area (Å²) in [7, 11) is 0. The fourth-order valence-corrected chi connectivity index (χ4v) is 3.88. The second-order valence-electron chi connectivity index (χ2n) is 7.84. The van der Waals surface area contributed by atoms with Gasteiger partial charge in [0.25, 0.3) is 0 Å². The number of aromatic amines is 1. The number of aromatic nitrogens is 6. The third-order valence-corrected chi connectivity index (χ3v) is 5.41. The van der Waals surface area contributed by atoms with E-state index >= 15 is 0 Å². The first-order chi connectivity index (χ1) is 15.2. The molecule has 1 aliphatic heterocycles. The van der Waals surface area contributed by atoms with Crippen LogP contribution in [0.5, 0.6) is 0 Å². The molecule has 0 saturated carbocycles. The quantitative estimate of drug-likeness (QED) is 0.518. The van der Waals surface area contributed by atoms with E-state index < -0.39 is 23.7 Å². The van der Waals surface area contributed by atoms with E-state index in [1.165, 1.54) is 29.6 Å². The summed E-state index contributed by atoms with van der Waals surface area (Å²) in [5, 5.41) is 12.1. The van der Waals surface area contributed by atoms with Crippen LogP contribution in [0.4, 0.5) is 13.2 Å². The van der Waals surface area contributed by atoms with Gasteiger partial charge in [-0.1, -0.05) is 13.8 Å². The van der Waals surface area contributed by atoms with Crippen LogP contribution in [0.15, 0.2) is 35.1 Å². The summed E-state index contributed by atoms with van der Waals surface area (Å²) in [6.45, 7) is 3.99. The van der Waals surface area contributed by atoms with Gasteiger partial charge in [0.2, 0.25) is 5.89 Å². The fraction of sp³-hybridized carbons (Fsp3) is 0.350. The Balaban J connectivity index is 1.61. The average Bonchev–Trinajstić information content (AvgIpc) is 3.49. The van der Waals surface area contributed by atoms with E-state index in [9.17, 15) is 18.0 Å². The number of carbonyl (C=O) groups excluding carboxylic acids is 1. The summed E-state index contributed by atoms with van der Waals surface area (Å²) >= 11 is 0. The van der Waals surface area contributed by atoms with Crippen molar-refractivity contribution in [1.29, 1.82) is 0 Å². The Hall–Kier alpha value is -3.70. The lowest BCUT2D eigenvalue weighted by Crippen LogP contribution is -2.41. The van der Waals surface area contributed by atoms with Crippen LogP contribution in [-0.2, 0) is 12.6 Å². The molecule has 5 heterocycles. The minimum absolute atomic E-state index is 0.0571. The van der Waals surface area contributed by atoms with Gasteiger partial charge in [0.15, 0.2) is 0 Å². The molecule has 4 aromatic heterocycles. The second kappa shape index (κ2) is 7.18. The van der Waals surface area contributed by atoms with Crippen LogP contribution in [-0.4, -0.2) is 47.1 Å². The van der Waals surface area contributed by atoms with E-state index in [1.54, 1.807) is 0 Å². The third-order valence-electron chi connectivity index (χ3n) is 5.41. The summed E-state index contributed by atoms with van der Waals surface area (Å²) in [5.74, 6) is -0.447. The first kappa shape index (κ1) is 20.2. The SMILES string of the molecule is CC(C)c1nnc(C(=O)N2CCc3[nH]cnc3[C@@H]2c2cc3c(C(F)(F)F)cccn3n2)o1. The normalized spacial score (nSPS) is 16.7. The van der Waals surface area contributed by atoms with Crippen molar-refractivity contribution in [2.45, 2.75) is 38.4 Å². The number of halogens is 3. The molecule has 166 valence electrons. The van der Waals surface area contributed by atoms with Crippen molar-refractivity contribution >= 4 is 11.4 Å². The summed E-state index contributed by atoms with van der Waals surface area (Å²) in [5.41, 5.74) is 0.649. The average molecular weight is 445 g/mol. The van der Waals surface area contributed by atoms with Crippen LogP contribution in [0.2, 0.25) is 0 Å². The zero-order chi connectivity index (χ0) is 22.6. The Morgan fingerprint density at radius 1 is 1.31 bits per heavy atom. The predicted octanol–water partition coefficient (Wildman–Crippen LogP) is 3.37. The molecule has 0 fully saturated rings. The lowest BCUT2D eigenvalue weighted by molar-refractivity contribution is -0.136. The van der Waals surface area contributed by atoms with Crippen molar-refractivity contribution in [3.8, 4) is 0 Å². The number of hydrogen-bond acceptors (Lipinski definition) is 6. The first-order valence-corrected chi connectivity index (χ1v) is 9.96. The number of H-pyrrole nitrogens is 1. The lowest BCUT2D eigenvalue weighted by atomic mass is 9.99. The first-order valence-electron chi connectivity index (χ1n) is 9.96. The Morgan fingerprint density at radius 2 is 2.12 bits per heavy atom. The molecular weight excluding hydrogens is 427 g/mol. The maximum absolute atomic E-state index is 13.5. The van der Waals surface area contributed by atoms with Crippen LogP contribution < -0.4 is 0 Å².